The zero-order valence-electron chi connectivity index (χ0n) is 16.0. The van der Waals surface area contributed by atoms with Crippen molar-refractivity contribution in [3.63, 3.8) is 0 Å². The number of tetrazole rings is 1. The Hall–Kier alpha value is -3.06. The van der Waals surface area contributed by atoms with Gasteiger partial charge in [0.25, 0.3) is 5.91 Å². The number of morpholine rings is 1. The molecular formula is C21H23N5O2. The number of ether oxygens (including phenoxy) is 1. The molecule has 0 spiro atoms. The van der Waals surface area contributed by atoms with Gasteiger partial charge in [0.15, 0.2) is 0 Å². The van der Waals surface area contributed by atoms with Gasteiger partial charge in [-0.15, -0.1) is 10.2 Å². The molecule has 0 N–H and O–H groups in total. The lowest BCUT2D eigenvalue weighted by Gasteiger charge is -2.33. The molecule has 1 amide bonds. The molecule has 2 aromatic carbocycles. The topological polar surface area (TPSA) is 73.1 Å². The molecular weight excluding hydrogens is 354 g/mol. The third kappa shape index (κ3) is 3.80. The van der Waals surface area contributed by atoms with E-state index in [9.17, 15) is 4.79 Å². The van der Waals surface area contributed by atoms with Gasteiger partial charge in [0.1, 0.15) is 6.10 Å². The van der Waals surface area contributed by atoms with Crippen LogP contribution < -0.4 is 0 Å². The number of carbonyl (C=O) groups is 1. The third-order valence-corrected chi connectivity index (χ3v) is 4.81. The maximum Gasteiger partial charge on any atom is 0.254 e. The highest BCUT2D eigenvalue weighted by Crippen LogP contribution is 2.23. The standard InChI is InChI=1S/C21H23N5O2/c1-15(2)26-23-20(22-24-26)17-8-10-18(11-9-17)21(27)25-12-13-28-19(14-25)16-6-4-3-5-7-16/h3-11,15,19H,12-14H2,1-2H3/t19-/m1/s1. The van der Waals surface area contributed by atoms with Gasteiger partial charge in [-0.3, -0.25) is 4.79 Å². The van der Waals surface area contributed by atoms with E-state index in [1.807, 2.05) is 73.3 Å². The molecule has 1 saturated heterocycles. The van der Waals surface area contributed by atoms with Crippen molar-refractivity contribution in [1.29, 1.82) is 0 Å². The fourth-order valence-corrected chi connectivity index (χ4v) is 3.21. The summed E-state index contributed by atoms with van der Waals surface area (Å²) in [5.74, 6) is 0.567. The predicted octanol–water partition coefficient (Wildman–Crippen LogP) is 3.13. The molecule has 0 saturated carbocycles. The Kier molecular flexibility index (Phi) is 5.16. The lowest BCUT2D eigenvalue weighted by molar-refractivity contribution is -0.0228. The van der Waals surface area contributed by atoms with Gasteiger partial charge in [0.05, 0.1) is 19.2 Å². The smallest absolute Gasteiger partial charge is 0.254 e. The Morgan fingerprint density at radius 2 is 1.86 bits per heavy atom. The number of hydrogen-bond acceptors (Lipinski definition) is 5. The summed E-state index contributed by atoms with van der Waals surface area (Å²) in [6.45, 7) is 5.67. The lowest BCUT2D eigenvalue weighted by atomic mass is 10.1. The highest BCUT2D eigenvalue weighted by molar-refractivity contribution is 5.94. The van der Waals surface area contributed by atoms with Crippen LogP contribution in [-0.2, 0) is 4.74 Å². The van der Waals surface area contributed by atoms with E-state index in [1.54, 1.807) is 4.80 Å². The van der Waals surface area contributed by atoms with Crippen molar-refractivity contribution in [3.8, 4) is 11.4 Å². The van der Waals surface area contributed by atoms with E-state index in [0.29, 0.717) is 31.1 Å². The summed E-state index contributed by atoms with van der Waals surface area (Å²) in [4.78, 5) is 16.4. The van der Waals surface area contributed by atoms with Crippen LogP contribution in [0.15, 0.2) is 54.6 Å². The van der Waals surface area contributed by atoms with Crippen LogP contribution in [0.1, 0.15) is 41.9 Å². The van der Waals surface area contributed by atoms with E-state index in [1.165, 1.54) is 0 Å². The Morgan fingerprint density at radius 1 is 1.11 bits per heavy atom. The molecule has 2 heterocycles. The van der Waals surface area contributed by atoms with Gasteiger partial charge in [0.2, 0.25) is 5.82 Å². The first kappa shape index (κ1) is 18.3. The fourth-order valence-electron chi connectivity index (χ4n) is 3.21. The first-order valence-electron chi connectivity index (χ1n) is 9.47. The minimum absolute atomic E-state index is 0.00887. The highest BCUT2D eigenvalue weighted by Gasteiger charge is 2.26. The van der Waals surface area contributed by atoms with Crippen molar-refractivity contribution in [1.82, 2.24) is 25.1 Å². The van der Waals surface area contributed by atoms with Crippen molar-refractivity contribution < 1.29 is 9.53 Å². The Morgan fingerprint density at radius 3 is 2.54 bits per heavy atom. The second-order valence-corrected chi connectivity index (χ2v) is 7.13. The quantitative estimate of drug-likeness (QED) is 0.698. The largest absolute Gasteiger partial charge is 0.370 e. The second-order valence-electron chi connectivity index (χ2n) is 7.13. The summed E-state index contributed by atoms with van der Waals surface area (Å²) in [6.07, 6.45) is -0.0894. The first-order valence-corrected chi connectivity index (χ1v) is 9.47. The van der Waals surface area contributed by atoms with Gasteiger partial charge >= 0.3 is 0 Å². The Labute approximate surface area is 163 Å². The van der Waals surface area contributed by atoms with Crippen LogP contribution >= 0.6 is 0 Å². The van der Waals surface area contributed by atoms with E-state index >= 15 is 0 Å². The van der Waals surface area contributed by atoms with Gasteiger partial charge in [0, 0.05) is 17.7 Å². The number of carbonyl (C=O) groups excluding carboxylic acids is 1. The monoisotopic (exact) mass is 377 g/mol. The van der Waals surface area contributed by atoms with Gasteiger partial charge in [-0.25, -0.2) is 0 Å². The zero-order chi connectivity index (χ0) is 19.5. The van der Waals surface area contributed by atoms with Gasteiger partial charge in [-0.05, 0) is 36.8 Å². The van der Waals surface area contributed by atoms with Crippen LogP contribution in [-0.4, -0.2) is 50.7 Å². The summed E-state index contributed by atoms with van der Waals surface area (Å²) in [7, 11) is 0. The third-order valence-electron chi connectivity index (χ3n) is 4.81. The van der Waals surface area contributed by atoms with Crippen LogP contribution in [0, 0.1) is 0 Å². The molecule has 1 aliphatic rings. The molecule has 28 heavy (non-hydrogen) atoms. The minimum atomic E-state index is -0.0894. The number of nitrogens with zero attached hydrogens (tertiary/aromatic N) is 5. The minimum Gasteiger partial charge on any atom is -0.370 e. The first-order chi connectivity index (χ1) is 13.6. The Balaban J connectivity index is 1.47. The summed E-state index contributed by atoms with van der Waals surface area (Å²) in [5.41, 5.74) is 2.58. The van der Waals surface area contributed by atoms with Crippen LogP contribution in [0.2, 0.25) is 0 Å². The molecule has 0 bridgehead atoms. The van der Waals surface area contributed by atoms with Crippen molar-refractivity contribution in [2.45, 2.75) is 26.0 Å². The van der Waals surface area contributed by atoms with Crippen LogP contribution in [0.4, 0.5) is 0 Å². The summed E-state index contributed by atoms with van der Waals surface area (Å²) >= 11 is 0. The average Bonchev–Trinajstić information content (AvgIpc) is 3.25. The zero-order valence-corrected chi connectivity index (χ0v) is 16.0. The molecule has 0 unspecified atom stereocenters. The number of aromatic nitrogens is 4. The highest BCUT2D eigenvalue weighted by atomic mass is 16.5. The second kappa shape index (κ2) is 7.90. The van der Waals surface area contributed by atoms with Crippen molar-refractivity contribution >= 4 is 5.91 Å². The Bertz CT molecular complexity index is 937. The summed E-state index contributed by atoms with van der Waals surface area (Å²) in [5, 5.41) is 12.5. The molecule has 7 heteroatoms. The van der Waals surface area contributed by atoms with Gasteiger partial charge in [-0.1, -0.05) is 42.5 Å². The molecule has 1 aromatic heterocycles. The molecule has 144 valence electrons. The average molecular weight is 377 g/mol. The summed E-state index contributed by atoms with van der Waals surface area (Å²) < 4.78 is 5.86. The molecule has 4 rings (SSSR count). The molecule has 0 aliphatic carbocycles. The van der Waals surface area contributed by atoms with Crippen LogP contribution in [0.3, 0.4) is 0 Å². The van der Waals surface area contributed by atoms with E-state index in [2.05, 4.69) is 15.4 Å². The number of benzene rings is 2. The van der Waals surface area contributed by atoms with Crippen LogP contribution in [0.25, 0.3) is 11.4 Å². The normalized spacial score (nSPS) is 17.1. The van der Waals surface area contributed by atoms with Crippen molar-refractivity contribution in [3.05, 3.63) is 65.7 Å². The number of rotatable bonds is 4. The molecule has 1 aliphatic heterocycles. The van der Waals surface area contributed by atoms with E-state index in [-0.39, 0.29) is 18.1 Å². The molecule has 3 aromatic rings. The number of amides is 1. The fraction of sp³-hybridized carbons (Fsp3) is 0.333. The lowest BCUT2D eigenvalue weighted by Crippen LogP contribution is -2.42. The van der Waals surface area contributed by atoms with E-state index in [0.717, 1.165) is 11.1 Å². The molecule has 1 fully saturated rings. The van der Waals surface area contributed by atoms with Crippen molar-refractivity contribution in [2.75, 3.05) is 19.7 Å². The summed E-state index contributed by atoms with van der Waals surface area (Å²) in [6, 6.07) is 17.5. The van der Waals surface area contributed by atoms with Gasteiger partial charge in [-0.2, -0.15) is 4.80 Å². The number of hydrogen-bond donors (Lipinski definition) is 0. The van der Waals surface area contributed by atoms with E-state index < -0.39 is 0 Å². The maximum atomic E-state index is 12.9. The van der Waals surface area contributed by atoms with Gasteiger partial charge < -0.3 is 9.64 Å². The predicted molar refractivity (Wildman–Crippen MR) is 105 cm³/mol. The van der Waals surface area contributed by atoms with E-state index in [4.69, 9.17) is 4.74 Å². The van der Waals surface area contributed by atoms with Crippen molar-refractivity contribution in [2.24, 2.45) is 0 Å². The molecule has 1 atom stereocenters. The molecule has 0 radical (unpaired) electrons. The van der Waals surface area contributed by atoms with Crippen LogP contribution in [0.5, 0.6) is 0 Å². The SMILES string of the molecule is CC(C)n1nnc(-c2ccc(C(=O)N3CCO[C@@H](c4ccccc4)C3)cc2)n1. The maximum absolute atomic E-state index is 12.9. The molecule has 7 nitrogen and oxygen atoms in total.